The molecule has 4 atom stereocenters. The monoisotopic (exact) mass is 523 g/mol. The van der Waals surface area contributed by atoms with Gasteiger partial charge in [-0.2, -0.15) is 0 Å². The second kappa shape index (κ2) is 12.8. The highest BCUT2D eigenvalue weighted by atomic mass is 127. The molecule has 2 heterocycles. The lowest BCUT2D eigenvalue weighted by Crippen LogP contribution is -2.47. The lowest BCUT2D eigenvalue weighted by Gasteiger charge is -2.30. The molecule has 3 rings (SSSR count). The Morgan fingerprint density at radius 2 is 2.21 bits per heavy atom. The first kappa shape index (κ1) is 23.7. The summed E-state index contributed by atoms with van der Waals surface area (Å²) in [5.74, 6) is 2.56. The number of rotatable bonds is 8. The highest BCUT2D eigenvalue weighted by Gasteiger charge is 2.26. The maximum atomic E-state index is 12.2. The summed E-state index contributed by atoms with van der Waals surface area (Å²) >= 11 is 0. The second-order valence-electron chi connectivity index (χ2n) is 7.38. The van der Waals surface area contributed by atoms with E-state index in [0.29, 0.717) is 17.8 Å². The zero-order chi connectivity index (χ0) is 18.9. The molecule has 0 bridgehead atoms. The predicted octanol–water partition coefficient (Wildman–Crippen LogP) is 3.23. The van der Waals surface area contributed by atoms with Gasteiger partial charge in [0.2, 0.25) is 0 Å². The number of nitrogens with zero attached hydrogens (tertiary/aromatic N) is 1. The molecule has 0 radical (unpaired) electrons. The molecule has 2 N–H and O–H groups in total. The number of furan rings is 1. The summed E-state index contributed by atoms with van der Waals surface area (Å²) in [7, 11) is -0.713. The van der Waals surface area contributed by atoms with Crippen LogP contribution in [-0.4, -0.2) is 53.0 Å². The normalized spacial score (nSPS) is 26.5. The number of guanidine groups is 1. The molecule has 0 amide bonds. The van der Waals surface area contributed by atoms with Gasteiger partial charge in [0.25, 0.3) is 0 Å². The Morgan fingerprint density at radius 3 is 2.93 bits per heavy atom. The topological polar surface area (TPSA) is 75.9 Å². The quantitative estimate of drug-likeness (QED) is 0.311. The molecule has 1 saturated heterocycles. The first-order valence-electron chi connectivity index (χ1n) is 10.3. The predicted molar refractivity (Wildman–Crippen MR) is 125 cm³/mol. The third-order valence-electron chi connectivity index (χ3n) is 5.34. The third kappa shape index (κ3) is 7.67. The maximum Gasteiger partial charge on any atom is 0.191 e. The van der Waals surface area contributed by atoms with Crippen molar-refractivity contribution in [1.29, 1.82) is 0 Å². The molecule has 8 heteroatoms. The molecular weight excluding hydrogens is 489 g/mol. The fourth-order valence-corrected chi connectivity index (χ4v) is 5.18. The lowest BCUT2D eigenvalue weighted by atomic mass is 9.95. The van der Waals surface area contributed by atoms with E-state index >= 15 is 0 Å². The van der Waals surface area contributed by atoms with Gasteiger partial charge in [0, 0.05) is 47.4 Å². The summed E-state index contributed by atoms with van der Waals surface area (Å²) in [6.07, 6.45) is 9.24. The van der Waals surface area contributed by atoms with Gasteiger partial charge in [-0.05, 0) is 44.2 Å². The fourth-order valence-electron chi connectivity index (χ4n) is 3.84. The largest absolute Gasteiger partial charge is 0.469 e. The van der Waals surface area contributed by atoms with Crippen LogP contribution in [0.1, 0.15) is 51.2 Å². The molecule has 1 aliphatic carbocycles. The van der Waals surface area contributed by atoms with Crippen LogP contribution in [0.25, 0.3) is 0 Å². The van der Waals surface area contributed by atoms with E-state index in [1.54, 1.807) is 6.26 Å². The van der Waals surface area contributed by atoms with Crippen LogP contribution in [0.3, 0.4) is 0 Å². The number of hydrogen-bond donors (Lipinski definition) is 2. The highest BCUT2D eigenvalue weighted by molar-refractivity contribution is 14.0. The van der Waals surface area contributed by atoms with E-state index in [2.05, 4.69) is 10.6 Å². The molecular formula is C20H34IN3O3S. The van der Waals surface area contributed by atoms with E-state index in [1.807, 2.05) is 19.1 Å². The molecule has 1 aliphatic heterocycles. The van der Waals surface area contributed by atoms with E-state index in [0.717, 1.165) is 75.6 Å². The van der Waals surface area contributed by atoms with Crippen LogP contribution in [0, 0.1) is 0 Å². The van der Waals surface area contributed by atoms with E-state index < -0.39 is 10.8 Å². The summed E-state index contributed by atoms with van der Waals surface area (Å²) in [5, 5.41) is 7.33. The maximum absolute atomic E-state index is 12.2. The minimum absolute atomic E-state index is 0. The van der Waals surface area contributed by atoms with Crippen molar-refractivity contribution in [2.24, 2.45) is 4.99 Å². The highest BCUT2D eigenvalue weighted by Crippen LogP contribution is 2.23. The summed E-state index contributed by atoms with van der Waals surface area (Å²) in [4.78, 5) is 4.77. The van der Waals surface area contributed by atoms with Crippen molar-refractivity contribution in [1.82, 2.24) is 10.6 Å². The smallest absolute Gasteiger partial charge is 0.191 e. The standard InChI is InChI=1S/C20H33N3O3S.HI/c1-2-27(24)19-9-3-6-16(14-19)23-20(22-15-18-8-5-13-26-18)21-11-10-17-7-4-12-25-17;/h4,7,12,16,18-19H,2-3,5-6,8-11,13-15H2,1H3,(H2,21,22,23);1H. The molecule has 1 aromatic heterocycles. The Bertz CT molecular complexity index is 606. The number of hydrogen-bond acceptors (Lipinski definition) is 4. The van der Waals surface area contributed by atoms with Crippen molar-refractivity contribution in [3.05, 3.63) is 24.2 Å². The molecule has 0 spiro atoms. The van der Waals surface area contributed by atoms with Crippen molar-refractivity contribution in [3.63, 3.8) is 0 Å². The van der Waals surface area contributed by atoms with Gasteiger partial charge < -0.3 is 19.8 Å². The SMILES string of the molecule is CCS(=O)C1CCCC(NC(=NCC2CCCO2)NCCc2ccco2)C1.I. The van der Waals surface area contributed by atoms with Crippen LogP contribution < -0.4 is 10.6 Å². The minimum Gasteiger partial charge on any atom is -0.469 e. The zero-order valence-electron chi connectivity index (χ0n) is 16.7. The molecule has 28 heavy (non-hydrogen) atoms. The zero-order valence-corrected chi connectivity index (χ0v) is 19.9. The van der Waals surface area contributed by atoms with E-state index in [-0.39, 0.29) is 30.1 Å². The molecule has 160 valence electrons. The molecule has 6 nitrogen and oxygen atoms in total. The number of ether oxygens (including phenoxy) is 1. The summed E-state index contributed by atoms with van der Waals surface area (Å²) < 4.78 is 23.3. The van der Waals surface area contributed by atoms with Crippen molar-refractivity contribution >= 4 is 40.7 Å². The van der Waals surface area contributed by atoms with Crippen LogP contribution >= 0.6 is 24.0 Å². The average Bonchev–Trinajstić information content (AvgIpc) is 3.39. The van der Waals surface area contributed by atoms with Gasteiger partial charge in [-0.15, -0.1) is 24.0 Å². The van der Waals surface area contributed by atoms with Gasteiger partial charge in [-0.1, -0.05) is 13.3 Å². The van der Waals surface area contributed by atoms with Crippen LogP contribution in [-0.2, 0) is 22.0 Å². The molecule has 1 saturated carbocycles. The molecule has 2 aliphatic rings. The van der Waals surface area contributed by atoms with Gasteiger partial charge in [0.1, 0.15) is 5.76 Å². The molecule has 1 aromatic rings. The molecule has 0 aromatic carbocycles. The number of halogens is 1. The second-order valence-corrected chi connectivity index (χ2v) is 9.39. The average molecular weight is 523 g/mol. The van der Waals surface area contributed by atoms with Crippen molar-refractivity contribution in [3.8, 4) is 0 Å². The minimum atomic E-state index is -0.713. The van der Waals surface area contributed by atoms with Crippen LogP contribution in [0.2, 0.25) is 0 Å². The van der Waals surface area contributed by atoms with Crippen LogP contribution in [0.4, 0.5) is 0 Å². The van der Waals surface area contributed by atoms with Crippen molar-refractivity contribution in [2.75, 3.05) is 25.4 Å². The Morgan fingerprint density at radius 1 is 1.32 bits per heavy atom. The van der Waals surface area contributed by atoms with E-state index in [1.165, 1.54) is 0 Å². The summed E-state index contributed by atoms with van der Waals surface area (Å²) in [5.41, 5.74) is 0. The first-order valence-corrected chi connectivity index (χ1v) is 11.7. The van der Waals surface area contributed by atoms with E-state index in [4.69, 9.17) is 14.1 Å². The van der Waals surface area contributed by atoms with Gasteiger partial charge in [-0.25, -0.2) is 0 Å². The van der Waals surface area contributed by atoms with Gasteiger partial charge in [0.05, 0.1) is 18.9 Å². The van der Waals surface area contributed by atoms with Crippen molar-refractivity contribution in [2.45, 2.75) is 69.3 Å². The molecule has 2 fully saturated rings. The van der Waals surface area contributed by atoms with Gasteiger partial charge in [0.15, 0.2) is 5.96 Å². The van der Waals surface area contributed by atoms with Crippen LogP contribution in [0.15, 0.2) is 27.8 Å². The first-order chi connectivity index (χ1) is 13.2. The fraction of sp³-hybridized carbons (Fsp3) is 0.750. The van der Waals surface area contributed by atoms with E-state index in [9.17, 15) is 4.21 Å². The summed E-state index contributed by atoms with van der Waals surface area (Å²) in [6.45, 7) is 4.31. The number of aliphatic imine (C=N–C) groups is 1. The summed E-state index contributed by atoms with van der Waals surface area (Å²) in [6, 6.07) is 4.23. The molecule has 4 unspecified atom stereocenters. The Labute approximate surface area is 188 Å². The lowest BCUT2D eigenvalue weighted by molar-refractivity contribution is 0.117. The Balaban J connectivity index is 0.00000280. The van der Waals surface area contributed by atoms with Gasteiger partial charge >= 0.3 is 0 Å². The third-order valence-corrected chi connectivity index (χ3v) is 7.08. The number of nitrogens with one attached hydrogen (secondary N) is 2. The van der Waals surface area contributed by atoms with Gasteiger partial charge in [-0.3, -0.25) is 9.20 Å². The van der Waals surface area contributed by atoms with Crippen LogP contribution in [0.5, 0.6) is 0 Å². The van der Waals surface area contributed by atoms with Crippen molar-refractivity contribution < 1.29 is 13.4 Å². The Kier molecular flexibility index (Phi) is 10.9. The Hall–Kier alpha value is -0.610.